The van der Waals surface area contributed by atoms with E-state index in [0.717, 1.165) is 21.4 Å². The molecule has 51 heavy (non-hydrogen) atoms. The topological polar surface area (TPSA) is 157 Å². The van der Waals surface area contributed by atoms with Crippen molar-refractivity contribution in [1.29, 1.82) is 0 Å². The molecule has 0 bridgehead atoms. The van der Waals surface area contributed by atoms with Crippen molar-refractivity contribution in [2.75, 3.05) is 24.0 Å². The average molecular weight is 716 g/mol. The van der Waals surface area contributed by atoms with Gasteiger partial charge in [-0.2, -0.15) is 0 Å². The summed E-state index contributed by atoms with van der Waals surface area (Å²) < 4.78 is 24.8. The number of fused-ring (bicyclic) bond motifs is 4. The van der Waals surface area contributed by atoms with Gasteiger partial charge in [0.15, 0.2) is 11.5 Å². The molecule has 14 heteroatoms. The van der Waals surface area contributed by atoms with Crippen LogP contribution in [0.2, 0.25) is 5.02 Å². The van der Waals surface area contributed by atoms with Crippen LogP contribution in [0.15, 0.2) is 72.3 Å². The van der Waals surface area contributed by atoms with Crippen LogP contribution in [0.3, 0.4) is 0 Å². The molecule has 4 amide bonds. The molecule has 4 aliphatic rings. The third-order valence-corrected chi connectivity index (χ3v) is 11.1. The second-order valence-electron chi connectivity index (χ2n) is 13.2. The Hall–Kier alpha value is -5.56. The third kappa shape index (κ3) is 5.09. The van der Waals surface area contributed by atoms with E-state index in [9.17, 15) is 38.8 Å². The van der Waals surface area contributed by atoms with E-state index in [1.807, 2.05) is 6.08 Å². The Morgan fingerprint density at radius 2 is 1.59 bits per heavy atom. The molecular weight excluding hydrogens is 685 g/mol. The van der Waals surface area contributed by atoms with Gasteiger partial charge in [-0.05, 0) is 73.7 Å². The zero-order valence-corrected chi connectivity index (χ0v) is 28.3. The summed E-state index contributed by atoms with van der Waals surface area (Å²) >= 11 is 6.07. The lowest BCUT2D eigenvalue weighted by molar-refractivity contribution is -0.384. The second kappa shape index (κ2) is 12.3. The molecule has 2 heterocycles. The van der Waals surface area contributed by atoms with Crippen molar-refractivity contribution in [1.82, 2.24) is 0 Å². The number of phenolic OH excluding ortho intramolecular Hbond substituents is 1. The largest absolute Gasteiger partial charge is 0.502 e. The highest BCUT2D eigenvalue weighted by Crippen LogP contribution is 2.61. The normalized spacial score (nSPS) is 27.0. The van der Waals surface area contributed by atoms with Crippen molar-refractivity contribution in [2.45, 2.75) is 19.8 Å². The number of phenols is 1. The minimum atomic E-state index is -1.36. The fourth-order valence-corrected chi connectivity index (χ4v) is 8.46. The minimum absolute atomic E-state index is 0.0812. The maximum atomic E-state index is 14.5. The molecule has 2 aliphatic heterocycles. The number of nitro benzene ring substituents is 1. The number of carbonyl (C=O) groups is 4. The molecule has 1 N–H and O–H groups in total. The van der Waals surface area contributed by atoms with E-state index < -0.39 is 69.4 Å². The Morgan fingerprint density at radius 3 is 2.20 bits per heavy atom. The van der Waals surface area contributed by atoms with E-state index in [-0.39, 0.29) is 52.2 Å². The molecule has 2 saturated heterocycles. The van der Waals surface area contributed by atoms with Gasteiger partial charge in [-0.3, -0.25) is 34.2 Å². The molecule has 1 saturated carbocycles. The summed E-state index contributed by atoms with van der Waals surface area (Å²) in [6.07, 6.45) is 5.64. The summed E-state index contributed by atoms with van der Waals surface area (Å²) in [6, 6.07) is 11.9. The molecule has 6 atom stereocenters. The van der Waals surface area contributed by atoms with Crippen LogP contribution < -0.4 is 19.3 Å². The van der Waals surface area contributed by atoms with Crippen LogP contribution in [-0.2, 0) is 19.2 Å². The van der Waals surface area contributed by atoms with Crippen LogP contribution in [0.25, 0.3) is 6.08 Å². The predicted octanol–water partition coefficient (Wildman–Crippen LogP) is 6.09. The number of benzene rings is 3. The molecule has 0 unspecified atom stereocenters. The summed E-state index contributed by atoms with van der Waals surface area (Å²) in [6.45, 7) is 1.70. The van der Waals surface area contributed by atoms with Crippen LogP contribution in [0.5, 0.6) is 17.2 Å². The molecule has 7 rings (SSSR count). The lowest BCUT2D eigenvalue weighted by Crippen LogP contribution is -2.49. The smallest absolute Gasteiger partial charge is 0.269 e. The minimum Gasteiger partial charge on any atom is -0.502 e. The number of hydrogen-bond acceptors (Lipinski definition) is 9. The van der Waals surface area contributed by atoms with Crippen LogP contribution in [0, 0.1) is 50.9 Å². The maximum absolute atomic E-state index is 14.5. The fourth-order valence-electron chi connectivity index (χ4n) is 8.28. The number of methoxy groups -OCH3 is 2. The summed E-state index contributed by atoms with van der Waals surface area (Å²) in [5.41, 5.74) is 0.0164. The first-order valence-corrected chi connectivity index (χ1v) is 16.5. The maximum Gasteiger partial charge on any atom is 0.269 e. The number of imide groups is 2. The number of anilines is 2. The van der Waals surface area contributed by atoms with Gasteiger partial charge in [0, 0.05) is 18.1 Å². The molecular formula is C37H31ClFN3O9. The number of carbonyl (C=O) groups excluding carboxylic acids is 4. The van der Waals surface area contributed by atoms with Gasteiger partial charge in [-0.15, -0.1) is 0 Å². The van der Waals surface area contributed by atoms with Crippen molar-refractivity contribution in [3.63, 3.8) is 0 Å². The fraction of sp³-hybridized carbons (Fsp3) is 0.297. The van der Waals surface area contributed by atoms with Gasteiger partial charge >= 0.3 is 0 Å². The summed E-state index contributed by atoms with van der Waals surface area (Å²) in [7, 11) is 2.78. The highest BCUT2D eigenvalue weighted by Gasteiger charge is 2.67. The van der Waals surface area contributed by atoms with Gasteiger partial charge in [-0.1, -0.05) is 35.4 Å². The predicted molar refractivity (Wildman–Crippen MR) is 183 cm³/mol. The Bertz CT molecular complexity index is 2080. The van der Waals surface area contributed by atoms with Crippen molar-refractivity contribution < 1.29 is 43.1 Å². The van der Waals surface area contributed by atoms with E-state index in [1.165, 1.54) is 50.6 Å². The first kappa shape index (κ1) is 33.9. The first-order valence-electron chi connectivity index (χ1n) is 16.1. The summed E-state index contributed by atoms with van der Waals surface area (Å²) in [4.78, 5) is 69.6. The highest BCUT2D eigenvalue weighted by atomic mass is 35.5. The first-order chi connectivity index (χ1) is 24.3. The molecule has 2 aliphatic carbocycles. The highest BCUT2D eigenvalue weighted by molar-refractivity contribution is 6.31. The third-order valence-electron chi connectivity index (χ3n) is 10.8. The van der Waals surface area contributed by atoms with E-state index in [1.54, 1.807) is 31.2 Å². The van der Waals surface area contributed by atoms with Crippen molar-refractivity contribution in [3.8, 4) is 17.2 Å². The number of amides is 4. The van der Waals surface area contributed by atoms with Gasteiger partial charge in [0.2, 0.25) is 29.4 Å². The van der Waals surface area contributed by atoms with E-state index in [0.29, 0.717) is 5.56 Å². The van der Waals surface area contributed by atoms with Gasteiger partial charge in [-0.25, -0.2) is 9.29 Å². The van der Waals surface area contributed by atoms with Crippen LogP contribution in [0.1, 0.15) is 25.3 Å². The van der Waals surface area contributed by atoms with Crippen LogP contribution in [-0.4, -0.2) is 47.9 Å². The average Bonchev–Trinajstić information content (AvgIpc) is 3.48. The summed E-state index contributed by atoms with van der Waals surface area (Å²) in [5, 5.41) is 21.4. The van der Waals surface area contributed by atoms with E-state index in [4.69, 9.17) is 21.1 Å². The molecule has 0 aromatic heterocycles. The molecule has 3 aromatic carbocycles. The lowest BCUT2D eigenvalue weighted by atomic mass is 9.52. The van der Waals surface area contributed by atoms with Gasteiger partial charge in [0.05, 0.1) is 58.7 Å². The van der Waals surface area contributed by atoms with E-state index in [2.05, 4.69) is 0 Å². The molecule has 0 spiro atoms. The monoisotopic (exact) mass is 715 g/mol. The zero-order valence-electron chi connectivity index (χ0n) is 27.5. The molecule has 3 fully saturated rings. The van der Waals surface area contributed by atoms with Gasteiger partial charge in [0.1, 0.15) is 5.82 Å². The van der Waals surface area contributed by atoms with Crippen molar-refractivity contribution in [2.24, 2.45) is 35.0 Å². The molecule has 3 aromatic rings. The number of aromatic hydroxyl groups is 1. The standard InChI is InChI=1S/C37H31ClFN3O9/c1-37-25(12-4-18-14-29(50-2)32(43)30(15-18)51-3)22-10-11-23-31(35(46)40(33(23)44)19-5-7-20(8-6-19)42(48)49)24(22)17-26(37)34(45)41(36(37)47)21-9-13-28(39)27(38)16-21/h4-10,12-16,23-26,31,43H,11,17H2,1-3H3/t23-,24+,25-,26-,31-,37-/m0/s1. The molecule has 262 valence electrons. The zero-order chi connectivity index (χ0) is 36.5. The Labute approximate surface area is 295 Å². The van der Waals surface area contributed by atoms with Crippen LogP contribution >= 0.6 is 11.6 Å². The number of rotatable bonds is 7. The number of nitrogens with zero attached hydrogens (tertiary/aromatic N) is 3. The van der Waals surface area contributed by atoms with Gasteiger partial charge in [0.25, 0.3) is 5.69 Å². The molecule has 0 radical (unpaired) electrons. The van der Waals surface area contributed by atoms with Crippen molar-refractivity contribution >= 4 is 58.4 Å². The number of ether oxygens (including phenoxy) is 2. The Kier molecular flexibility index (Phi) is 8.21. The number of allylic oxidation sites excluding steroid dienone is 3. The van der Waals surface area contributed by atoms with Crippen LogP contribution in [0.4, 0.5) is 21.5 Å². The van der Waals surface area contributed by atoms with Crippen molar-refractivity contribution in [3.05, 3.63) is 98.8 Å². The second-order valence-corrected chi connectivity index (χ2v) is 13.6. The number of halogens is 2. The van der Waals surface area contributed by atoms with Gasteiger partial charge < -0.3 is 14.6 Å². The SMILES string of the molecule is COc1cc(C=C[C@H]2C3=CC[C@@H]4C(=O)N(c5ccc([N+](=O)[O-])cc5)C(=O)[C@@H]4[C@@H]3C[C@H]3C(=O)N(c4ccc(F)c(Cl)c4)C(=O)[C@@]23C)cc(OC)c1O. The number of hydrogen-bond donors (Lipinski definition) is 1. The lowest BCUT2D eigenvalue weighted by Gasteiger charge is -2.47. The number of non-ortho nitro benzene ring substituents is 1. The quantitative estimate of drug-likeness (QED) is 0.132. The summed E-state index contributed by atoms with van der Waals surface area (Å²) in [5.74, 6) is -6.55. The Morgan fingerprint density at radius 1 is 0.941 bits per heavy atom. The number of nitro groups is 1. The Balaban J connectivity index is 1.33. The van der Waals surface area contributed by atoms with E-state index >= 15 is 0 Å². The molecule has 12 nitrogen and oxygen atoms in total.